The summed E-state index contributed by atoms with van der Waals surface area (Å²) in [6.07, 6.45) is 0.356. The Labute approximate surface area is 165 Å². The van der Waals surface area contributed by atoms with Crippen LogP contribution in [0.2, 0.25) is 0 Å². The van der Waals surface area contributed by atoms with Crippen LogP contribution in [-0.4, -0.2) is 27.5 Å². The van der Waals surface area contributed by atoms with E-state index in [0.29, 0.717) is 22.0 Å². The van der Waals surface area contributed by atoms with E-state index in [2.05, 4.69) is 0 Å². The Morgan fingerprint density at radius 2 is 1.59 bits per heavy atom. The minimum absolute atomic E-state index is 0.0800. The van der Waals surface area contributed by atoms with E-state index in [0.717, 1.165) is 18.2 Å². The van der Waals surface area contributed by atoms with Gasteiger partial charge in [0.05, 0.1) is 12.6 Å². The molecule has 2 N–H and O–H groups in total. The average molecular weight is 397 g/mol. The number of aliphatic hydroxyl groups is 2. The van der Waals surface area contributed by atoms with Crippen LogP contribution in [0.25, 0.3) is 22.0 Å². The van der Waals surface area contributed by atoms with Crippen LogP contribution in [0.1, 0.15) is 11.6 Å². The van der Waals surface area contributed by atoms with Gasteiger partial charge in [-0.05, 0) is 42.0 Å². The number of aromatic nitrogens is 1. The van der Waals surface area contributed by atoms with E-state index in [9.17, 15) is 23.4 Å². The molecule has 6 heteroatoms. The van der Waals surface area contributed by atoms with Crippen LogP contribution >= 0.6 is 0 Å². The molecule has 0 unspecified atom stereocenters. The van der Waals surface area contributed by atoms with E-state index < -0.39 is 36.2 Å². The van der Waals surface area contributed by atoms with Crippen molar-refractivity contribution in [3.05, 3.63) is 95.9 Å². The van der Waals surface area contributed by atoms with Crippen LogP contribution < -0.4 is 0 Å². The van der Waals surface area contributed by atoms with Crippen molar-refractivity contribution < 1.29 is 23.4 Å². The molecule has 0 aliphatic rings. The SMILES string of the molecule is OC[C@@H](O)[C@H](c1cccc(F)c1)n1cc(-c2cc(F)ccc2F)c2ccccc21. The van der Waals surface area contributed by atoms with Crippen molar-refractivity contribution >= 4 is 10.9 Å². The second-order valence-electron chi connectivity index (χ2n) is 6.84. The van der Waals surface area contributed by atoms with Gasteiger partial charge >= 0.3 is 0 Å². The minimum Gasteiger partial charge on any atom is -0.394 e. The molecule has 4 rings (SSSR count). The van der Waals surface area contributed by atoms with Gasteiger partial charge in [0.2, 0.25) is 0 Å². The third kappa shape index (κ3) is 3.52. The fraction of sp³-hybridized carbons (Fsp3) is 0.130. The molecule has 0 saturated heterocycles. The number of hydrogen-bond donors (Lipinski definition) is 2. The molecule has 1 heterocycles. The summed E-state index contributed by atoms with van der Waals surface area (Å²) in [7, 11) is 0. The fourth-order valence-electron chi connectivity index (χ4n) is 3.71. The van der Waals surface area contributed by atoms with E-state index in [4.69, 9.17) is 0 Å². The molecule has 0 radical (unpaired) electrons. The van der Waals surface area contributed by atoms with E-state index in [1.54, 1.807) is 41.1 Å². The topological polar surface area (TPSA) is 45.4 Å². The first kappa shape index (κ1) is 19.2. The largest absolute Gasteiger partial charge is 0.394 e. The van der Waals surface area contributed by atoms with E-state index in [1.807, 2.05) is 0 Å². The average Bonchev–Trinajstić information content (AvgIpc) is 3.09. The minimum atomic E-state index is -1.24. The number of nitrogens with zero attached hydrogens (tertiary/aromatic N) is 1. The third-order valence-electron chi connectivity index (χ3n) is 5.00. The van der Waals surface area contributed by atoms with Crippen LogP contribution in [0.3, 0.4) is 0 Å². The van der Waals surface area contributed by atoms with Crippen molar-refractivity contribution in [2.45, 2.75) is 12.1 Å². The number of fused-ring (bicyclic) bond motifs is 1. The highest BCUT2D eigenvalue weighted by atomic mass is 19.1. The standard InChI is InChI=1S/C23H18F3NO2/c24-15-5-3-4-14(10-15)23(22(29)13-28)27-12-19(17-6-1-2-7-21(17)27)18-11-16(25)8-9-20(18)26/h1-12,22-23,28-29H,13H2/t22-,23+/m1/s1. The van der Waals surface area contributed by atoms with Crippen molar-refractivity contribution in [2.75, 3.05) is 6.61 Å². The normalized spacial score (nSPS) is 13.6. The molecule has 0 aliphatic heterocycles. The van der Waals surface area contributed by atoms with Gasteiger partial charge in [-0.25, -0.2) is 13.2 Å². The van der Waals surface area contributed by atoms with Crippen LogP contribution in [0.4, 0.5) is 13.2 Å². The molecule has 0 aliphatic carbocycles. The van der Waals surface area contributed by atoms with Crippen LogP contribution in [0.15, 0.2) is 72.9 Å². The Hall–Kier alpha value is -3.09. The zero-order chi connectivity index (χ0) is 20.5. The summed E-state index contributed by atoms with van der Waals surface area (Å²) in [5.41, 5.74) is 1.59. The number of aliphatic hydroxyl groups excluding tert-OH is 2. The second-order valence-corrected chi connectivity index (χ2v) is 6.84. The molecular weight excluding hydrogens is 379 g/mol. The first-order valence-electron chi connectivity index (χ1n) is 9.09. The van der Waals surface area contributed by atoms with Gasteiger partial charge in [0.25, 0.3) is 0 Å². The Balaban J connectivity index is 1.99. The lowest BCUT2D eigenvalue weighted by molar-refractivity contribution is 0.0653. The molecule has 0 amide bonds. The van der Waals surface area contributed by atoms with E-state index in [1.165, 1.54) is 18.2 Å². The van der Waals surface area contributed by atoms with Crippen molar-refractivity contribution in [2.24, 2.45) is 0 Å². The van der Waals surface area contributed by atoms with Gasteiger partial charge in [0, 0.05) is 28.2 Å². The molecule has 29 heavy (non-hydrogen) atoms. The van der Waals surface area contributed by atoms with E-state index in [-0.39, 0.29) is 5.56 Å². The molecule has 0 bridgehead atoms. The molecule has 0 spiro atoms. The van der Waals surface area contributed by atoms with Gasteiger partial charge in [-0.2, -0.15) is 0 Å². The quantitative estimate of drug-likeness (QED) is 0.514. The van der Waals surface area contributed by atoms with Gasteiger partial charge in [0.15, 0.2) is 0 Å². The number of rotatable bonds is 5. The summed E-state index contributed by atoms with van der Waals surface area (Å²) in [6, 6.07) is 15.2. The molecule has 2 atom stereocenters. The van der Waals surface area contributed by atoms with Gasteiger partial charge in [-0.1, -0.05) is 30.3 Å². The maximum atomic E-state index is 14.5. The van der Waals surface area contributed by atoms with Crippen LogP contribution in [-0.2, 0) is 0 Å². The van der Waals surface area contributed by atoms with Crippen LogP contribution in [0.5, 0.6) is 0 Å². The summed E-state index contributed by atoms with van der Waals surface area (Å²) < 4.78 is 43.8. The van der Waals surface area contributed by atoms with Gasteiger partial charge in [0.1, 0.15) is 23.6 Å². The maximum Gasteiger partial charge on any atom is 0.131 e. The van der Waals surface area contributed by atoms with Crippen molar-refractivity contribution in [1.82, 2.24) is 4.57 Å². The summed E-state index contributed by atoms with van der Waals surface area (Å²) in [5.74, 6) is -1.64. The second kappa shape index (κ2) is 7.73. The molecule has 3 aromatic carbocycles. The third-order valence-corrected chi connectivity index (χ3v) is 5.00. The zero-order valence-corrected chi connectivity index (χ0v) is 15.3. The Morgan fingerprint density at radius 3 is 2.34 bits per heavy atom. The molecule has 1 aromatic heterocycles. The van der Waals surface area contributed by atoms with Crippen molar-refractivity contribution in [1.29, 1.82) is 0 Å². The first-order chi connectivity index (χ1) is 14.0. The zero-order valence-electron chi connectivity index (χ0n) is 15.3. The highest BCUT2D eigenvalue weighted by molar-refractivity contribution is 5.96. The lowest BCUT2D eigenvalue weighted by atomic mass is 10.0. The summed E-state index contributed by atoms with van der Waals surface area (Å²) in [4.78, 5) is 0. The van der Waals surface area contributed by atoms with Crippen LogP contribution in [0, 0.1) is 17.5 Å². The summed E-state index contributed by atoms with van der Waals surface area (Å²) >= 11 is 0. The number of hydrogen-bond acceptors (Lipinski definition) is 2. The lowest BCUT2D eigenvalue weighted by Gasteiger charge is -2.25. The first-order valence-corrected chi connectivity index (χ1v) is 9.09. The Bertz CT molecular complexity index is 1170. The molecule has 148 valence electrons. The Morgan fingerprint density at radius 1 is 0.828 bits per heavy atom. The summed E-state index contributed by atoms with van der Waals surface area (Å²) in [5, 5.41) is 20.8. The van der Waals surface area contributed by atoms with Gasteiger partial charge < -0.3 is 14.8 Å². The van der Waals surface area contributed by atoms with Gasteiger partial charge in [-0.3, -0.25) is 0 Å². The van der Waals surface area contributed by atoms with Crippen molar-refractivity contribution in [3.8, 4) is 11.1 Å². The number of para-hydroxylation sites is 1. The predicted molar refractivity (Wildman–Crippen MR) is 105 cm³/mol. The molecule has 3 nitrogen and oxygen atoms in total. The van der Waals surface area contributed by atoms with E-state index >= 15 is 0 Å². The molecular formula is C23H18F3NO2. The molecule has 0 fully saturated rings. The van der Waals surface area contributed by atoms with Gasteiger partial charge in [-0.15, -0.1) is 0 Å². The maximum absolute atomic E-state index is 14.5. The highest BCUT2D eigenvalue weighted by Gasteiger charge is 2.26. The molecule has 4 aromatic rings. The smallest absolute Gasteiger partial charge is 0.131 e. The molecule has 0 saturated carbocycles. The number of benzene rings is 3. The Kier molecular flexibility index (Phi) is 5.13. The number of halogens is 3. The highest BCUT2D eigenvalue weighted by Crippen LogP contribution is 2.36. The summed E-state index contributed by atoms with van der Waals surface area (Å²) in [6.45, 7) is -0.558. The monoisotopic (exact) mass is 397 g/mol. The predicted octanol–water partition coefficient (Wildman–Crippen LogP) is 4.67. The lowest BCUT2D eigenvalue weighted by Crippen LogP contribution is -2.28. The fourth-order valence-corrected chi connectivity index (χ4v) is 3.71. The van der Waals surface area contributed by atoms with Crippen molar-refractivity contribution in [3.63, 3.8) is 0 Å².